The molecule has 0 aromatic carbocycles. The van der Waals surface area contributed by atoms with Gasteiger partial charge in [0, 0.05) is 39.3 Å². The third-order valence-electron chi connectivity index (χ3n) is 5.94. The molecule has 0 aliphatic carbocycles. The van der Waals surface area contributed by atoms with Gasteiger partial charge >= 0.3 is 0 Å². The average molecular weight is 555 g/mol. The highest BCUT2D eigenvalue weighted by molar-refractivity contribution is 5.43. The highest BCUT2D eigenvalue weighted by Gasteiger charge is 2.16. The second-order valence-corrected chi connectivity index (χ2v) is 9.20. The lowest BCUT2D eigenvalue weighted by molar-refractivity contribution is 0.715. The lowest BCUT2D eigenvalue weighted by atomic mass is 10.2. The molecule has 0 saturated carbocycles. The third-order valence-corrected chi connectivity index (χ3v) is 5.94. The van der Waals surface area contributed by atoms with Crippen LogP contribution in [0.15, 0.2) is 0 Å². The van der Waals surface area contributed by atoms with Crippen molar-refractivity contribution in [3.8, 4) is 0 Å². The molecule has 1 saturated heterocycles. The van der Waals surface area contributed by atoms with E-state index in [1.807, 2.05) is 0 Å². The lowest BCUT2D eigenvalue weighted by Gasteiger charge is -2.16. The number of hydrogen-bond donors (Lipinski definition) is 8. The first kappa shape index (κ1) is 28.2. The summed E-state index contributed by atoms with van der Waals surface area (Å²) in [6.07, 6.45) is 6.83. The van der Waals surface area contributed by atoms with Crippen molar-refractivity contribution < 1.29 is 0 Å². The molecule has 4 heterocycles. The van der Waals surface area contributed by atoms with Gasteiger partial charge in [-0.05, 0) is 44.9 Å². The second-order valence-electron chi connectivity index (χ2n) is 9.20. The van der Waals surface area contributed by atoms with Crippen LogP contribution in [0.2, 0.25) is 0 Å². The van der Waals surface area contributed by atoms with Crippen molar-refractivity contribution in [1.82, 2.24) is 44.9 Å². The number of nitrogens with zero attached hydrogens (tertiary/aromatic N) is 10. The van der Waals surface area contributed by atoms with Gasteiger partial charge in [0.15, 0.2) is 0 Å². The monoisotopic (exact) mass is 554 g/mol. The summed E-state index contributed by atoms with van der Waals surface area (Å²) in [6.45, 7) is 4.65. The van der Waals surface area contributed by atoms with E-state index < -0.39 is 0 Å². The number of hydrogen-bond acceptors (Lipinski definition) is 18. The van der Waals surface area contributed by atoms with Crippen LogP contribution in [0.1, 0.15) is 44.9 Å². The Morgan fingerprint density at radius 1 is 0.450 bits per heavy atom. The van der Waals surface area contributed by atoms with Crippen molar-refractivity contribution in [3.63, 3.8) is 0 Å². The molecule has 0 unspecified atom stereocenters. The van der Waals surface area contributed by atoms with Gasteiger partial charge in [-0.1, -0.05) is 0 Å². The van der Waals surface area contributed by atoms with Crippen LogP contribution in [0, 0.1) is 0 Å². The van der Waals surface area contributed by atoms with E-state index in [0.29, 0.717) is 55.9 Å². The van der Waals surface area contributed by atoms with Crippen LogP contribution in [0.4, 0.5) is 53.5 Å². The van der Waals surface area contributed by atoms with E-state index in [9.17, 15) is 0 Å². The molecule has 0 atom stereocenters. The minimum Gasteiger partial charge on any atom is -0.368 e. The van der Waals surface area contributed by atoms with E-state index in [1.165, 1.54) is 0 Å². The summed E-state index contributed by atoms with van der Waals surface area (Å²) in [7, 11) is 0. The quantitative estimate of drug-likeness (QED) is 0.109. The average Bonchev–Trinajstić information content (AvgIpc) is 3.44. The van der Waals surface area contributed by atoms with Crippen LogP contribution in [0.25, 0.3) is 0 Å². The molecule has 3 aromatic heterocycles. The van der Waals surface area contributed by atoms with Crippen LogP contribution < -0.4 is 49.1 Å². The number of nitrogens with two attached hydrogens (primary N) is 4. The Balaban J connectivity index is 1.09. The summed E-state index contributed by atoms with van der Waals surface area (Å²) in [5.41, 5.74) is 22.9. The van der Waals surface area contributed by atoms with Crippen molar-refractivity contribution in [2.24, 2.45) is 0 Å². The number of nitrogen functional groups attached to an aromatic ring is 4. The molecule has 0 amide bonds. The molecule has 0 bridgehead atoms. The summed E-state index contributed by atoms with van der Waals surface area (Å²) in [6, 6.07) is 0. The molecule has 1 aliphatic heterocycles. The Bertz CT molecular complexity index is 1200. The van der Waals surface area contributed by atoms with Gasteiger partial charge in [0.25, 0.3) is 0 Å². The lowest BCUT2D eigenvalue weighted by Crippen LogP contribution is -2.22. The Hall–Kier alpha value is -4.77. The first-order valence-electron chi connectivity index (χ1n) is 13.4. The Morgan fingerprint density at radius 2 is 0.825 bits per heavy atom. The molecule has 3 aromatic rings. The van der Waals surface area contributed by atoms with E-state index in [-0.39, 0.29) is 23.8 Å². The summed E-state index contributed by atoms with van der Waals surface area (Å²) in [4.78, 5) is 39.5. The van der Waals surface area contributed by atoms with Crippen LogP contribution in [-0.2, 0) is 0 Å². The molecule has 0 spiro atoms. The van der Waals surface area contributed by atoms with Gasteiger partial charge in [-0.25, -0.2) is 0 Å². The van der Waals surface area contributed by atoms with E-state index in [4.69, 9.17) is 22.9 Å². The van der Waals surface area contributed by atoms with Gasteiger partial charge in [0.2, 0.25) is 53.5 Å². The maximum absolute atomic E-state index is 5.86. The maximum atomic E-state index is 5.86. The summed E-state index contributed by atoms with van der Waals surface area (Å²) in [5.74, 6) is 2.94. The van der Waals surface area contributed by atoms with E-state index in [1.54, 1.807) is 0 Å². The molecule has 18 heteroatoms. The van der Waals surface area contributed by atoms with E-state index >= 15 is 0 Å². The van der Waals surface area contributed by atoms with Gasteiger partial charge < -0.3 is 49.1 Å². The molecule has 216 valence electrons. The largest absolute Gasteiger partial charge is 0.368 e. The van der Waals surface area contributed by atoms with Crippen molar-refractivity contribution in [1.29, 1.82) is 0 Å². The molecule has 1 fully saturated rings. The smallest absolute Gasteiger partial charge is 0.231 e. The number of anilines is 9. The number of unbranched alkanes of at least 4 members (excludes halogenated alkanes) is 3. The minimum atomic E-state index is 0.0926. The zero-order valence-electron chi connectivity index (χ0n) is 22.5. The van der Waals surface area contributed by atoms with Crippen LogP contribution in [0.5, 0.6) is 0 Å². The topological polar surface area (TPSA) is 271 Å². The first-order valence-corrected chi connectivity index (χ1v) is 13.4. The fraction of sp³-hybridized carbons (Fsp3) is 0.591. The van der Waals surface area contributed by atoms with Gasteiger partial charge in [0.1, 0.15) is 0 Å². The predicted octanol–water partition coefficient (Wildman–Crippen LogP) is 0.169. The fourth-order valence-corrected chi connectivity index (χ4v) is 4.03. The summed E-state index contributed by atoms with van der Waals surface area (Å²) in [5, 5.41) is 12.7. The van der Waals surface area contributed by atoms with Crippen molar-refractivity contribution >= 4 is 53.5 Å². The molecular formula is C22H38N18. The molecule has 0 radical (unpaired) electrons. The van der Waals surface area contributed by atoms with Gasteiger partial charge in [-0.2, -0.15) is 44.9 Å². The standard InChI is InChI=1S/C22H38N18/c23-14-31-15(24)33-18(32-14)27-8-2-1-3-9-28-19-34-16(25)35-20(38-19)29-10-4-5-11-30-21-36-17(26)37-22(39-21)40-12-6-7-13-40/h1-13H2,(H3,26,30,36,37,39)(H5,23,24,27,31,32,33)(H4,25,28,29,34,35,38). The highest BCUT2D eigenvalue weighted by atomic mass is 15.3. The number of nitrogens with one attached hydrogen (secondary N) is 4. The number of aromatic nitrogens is 9. The normalized spacial score (nSPS) is 12.8. The van der Waals surface area contributed by atoms with Crippen LogP contribution in [0.3, 0.4) is 0 Å². The molecular weight excluding hydrogens is 516 g/mol. The Labute approximate surface area is 232 Å². The van der Waals surface area contributed by atoms with Crippen LogP contribution >= 0.6 is 0 Å². The zero-order valence-corrected chi connectivity index (χ0v) is 22.5. The second kappa shape index (κ2) is 14.4. The SMILES string of the molecule is Nc1nc(N)nc(NCCCCCNc2nc(N)nc(NCCCCNc3nc(N)nc(N4CCCC4)n3)n2)n1. The summed E-state index contributed by atoms with van der Waals surface area (Å²) < 4.78 is 0. The van der Waals surface area contributed by atoms with Crippen molar-refractivity contribution in [2.75, 3.05) is 88.4 Å². The van der Waals surface area contributed by atoms with Gasteiger partial charge in [-0.15, -0.1) is 0 Å². The molecule has 18 nitrogen and oxygen atoms in total. The summed E-state index contributed by atoms with van der Waals surface area (Å²) >= 11 is 0. The van der Waals surface area contributed by atoms with E-state index in [2.05, 4.69) is 71.0 Å². The Morgan fingerprint density at radius 3 is 1.32 bits per heavy atom. The van der Waals surface area contributed by atoms with Crippen molar-refractivity contribution in [3.05, 3.63) is 0 Å². The highest BCUT2D eigenvalue weighted by Crippen LogP contribution is 2.17. The van der Waals surface area contributed by atoms with Gasteiger partial charge in [-0.3, -0.25) is 0 Å². The molecule has 12 N–H and O–H groups in total. The molecule has 4 rings (SSSR count). The molecule has 40 heavy (non-hydrogen) atoms. The minimum absolute atomic E-state index is 0.0926. The van der Waals surface area contributed by atoms with E-state index in [0.717, 1.165) is 58.0 Å². The third kappa shape index (κ3) is 9.21. The van der Waals surface area contributed by atoms with Crippen molar-refractivity contribution in [2.45, 2.75) is 44.9 Å². The maximum Gasteiger partial charge on any atom is 0.231 e. The first-order chi connectivity index (χ1) is 19.4. The Kier molecular flexibility index (Phi) is 10.2. The zero-order chi connectivity index (χ0) is 28.2. The molecule has 1 aliphatic rings. The number of rotatable bonds is 16. The van der Waals surface area contributed by atoms with Crippen LogP contribution in [-0.4, -0.2) is 84.1 Å². The van der Waals surface area contributed by atoms with Gasteiger partial charge in [0.05, 0.1) is 0 Å². The predicted molar refractivity (Wildman–Crippen MR) is 156 cm³/mol. The fourth-order valence-electron chi connectivity index (χ4n) is 4.03.